The molecular weight excluding hydrogens is 222 g/mol. The van der Waals surface area contributed by atoms with Gasteiger partial charge in [-0.05, 0) is 44.4 Å². The summed E-state index contributed by atoms with van der Waals surface area (Å²) in [6.07, 6.45) is 6.09. The lowest BCUT2D eigenvalue weighted by atomic mass is 9.90. The molecule has 0 aliphatic carbocycles. The van der Waals surface area contributed by atoms with Gasteiger partial charge in [0.15, 0.2) is 0 Å². The molecule has 0 aliphatic heterocycles. The van der Waals surface area contributed by atoms with E-state index in [0.29, 0.717) is 6.54 Å². The van der Waals surface area contributed by atoms with Crippen molar-refractivity contribution in [2.75, 3.05) is 13.6 Å². The van der Waals surface area contributed by atoms with Gasteiger partial charge in [-0.3, -0.25) is 9.88 Å². The van der Waals surface area contributed by atoms with Gasteiger partial charge in [0, 0.05) is 31.0 Å². The first-order valence-corrected chi connectivity index (χ1v) is 6.78. The highest BCUT2D eigenvalue weighted by atomic mass is 15.2. The third kappa shape index (κ3) is 4.39. The highest BCUT2D eigenvalue weighted by Gasteiger charge is 2.27. The van der Waals surface area contributed by atoms with Gasteiger partial charge in [-0.15, -0.1) is 0 Å². The van der Waals surface area contributed by atoms with Crippen molar-refractivity contribution in [3.63, 3.8) is 0 Å². The Morgan fingerprint density at radius 3 is 2.67 bits per heavy atom. The van der Waals surface area contributed by atoms with Crippen LogP contribution in [-0.2, 0) is 6.54 Å². The molecule has 1 rings (SSSR count). The van der Waals surface area contributed by atoms with Gasteiger partial charge in [-0.25, -0.2) is 0 Å². The maximum absolute atomic E-state index is 5.99. The minimum atomic E-state index is 0.0696. The summed E-state index contributed by atoms with van der Waals surface area (Å²) in [7, 11) is 2.15. The first kappa shape index (κ1) is 15.1. The molecule has 1 aromatic rings. The lowest BCUT2D eigenvalue weighted by Crippen LogP contribution is -2.49. The summed E-state index contributed by atoms with van der Waals surface area (Å²) in [6.45, 7) is 8.37. The molecule has 0 spiro atoms. The number of pyridine rings is 1. The number of nitrogens with zero attached hydrogens (tertiary/aromatic N) is 2. The van der Waals surface area contributed by atoms with Gasteiger partial charge >= 0.3 is 0 Å². The highest BCUT2D eigenvalue weighted by Crippen LogP contribution is 2.23. The van der Waals surface area contributed by atoms with Gasteiger partial charge in [0.05, 0.1) is 0 Å². The van der Waals surface area contributed by atoms with Crippen molar-refractivity contribution in [2.24, 2.45) is 11.7 Å². The summed E-state index contributed by atoms with van der Waals surface area (Å²) in [5.74, 6) is 0.725. The van der Waals surface area contributed by atoms with Crippen molar-refractivity contribution in [1.29, 1.82) is 0 Å². The van der Waals surface area contributed by atoms with E-state index in [0.717, 1.165) is 18.9 Å². The molecule has 3 heteroatoms. The Morgan fingerprint density at radius 1 is 1.44 bits per heavy atom. The van der Waals surface area contributed by atoms with Gasteiger partial charge in [-0.1, -0.05) is 19.9 Å². The number of hydrogen-bond donors (Lipinski definition) is 1. The number of hydrogen-bond acceptors (Lipinski definition) is 3. The van der Waals surface area contributed by atoms with Gasteiger partial charge in [0.1, 0.15) is 0 Å². The molecule has 0 radical (unpaired) electrons. The standard InChI is InChI=1S/C15H27N3/c1-13(2)7-8-15(3,12-16)18(4)11-14-6-5-9-17-10-14/h5-6,9-10,13H,7-8,11-12,16H2,1-4H3. The molecule has 0 saturated carbocycles. The van der Waals surface area contributed by atoms with Crippen molar-refractivity contribution >= 4 is 0 Å². The van der Waals surface area contributed by atoms with E-state index in [1.165, 1.54) is 12.0 Å². The summed E-state index contributed by atoms with van der Waals surface area (Å²) < 4.78 is 0. The molecule has 1 aromatic heterocycles. The second-order valence-electron chi connectivity index (χ2n) is 5.85. The van der Waals surface area contributed by atoms with Crippen LogP contribution in [0.1, 0.15) is 39.2 Å². The zero-order valence-corrected chi connectivity index (χ0v) is 12.2. The highest BCUT2D eigenvalue weighted by molar-refractivity contribution is 5.09. The zero-order valence-electron chi connectivity index (χ0n) is 12.2. The molecule has 0 fully saturated rings. The Bertz CT molecular complexity index is 337. The van der Waals surface area contributed by atoms with Crippen molar-refractivity contribution in [2.45, 2.75) is 45.7 Å². The fourth-order valence-corrected chi connectivity index (χ4v) is 2.00. The second-order valence-corrected chi connectivity index (χ2v) is 5.85. The molecule has 102 valence electrons. The van der Waals surface area contributed by atoms with Crippen LogP contribution in [0.15, 0.2) is 24.5 Å². The Balaban J connectivity index is 2.63. The van der Waals surface area contributed by atoms with Crippen molar-refractivity contribution in [3.05, 3.63) is 30.1 Å². The van der Waals surface area contributed by atoms with Crippen molar-refractivity contribution in [3.8, 4) is 0 Å². The molecule has 2 N–H and O–H groups in total. The monoisotopic (exact) mass is 249 g/mol. The van der Waals surface area contributed by atoms with Crippen LogP contribution in [0.3, 0.4) is 0 Å². The Morgan fingerprint density at radius 2 is 2.17 bits per heavy atom. The molecule has 0 amide bonds. The largest absolute Gasteiger partial charge is 0.329 e. The lowest BCUT2D eigenvalue weighted by molar-refractivity contribution is 0.119. The minimum absolute atomic E-state index is 0.0696. The summed E-state index contributed by atoms with van der Waals surface area (Å²) in [6, 6.07) is 4.10. The molecule has 0 aromatic carbocycles. The average molecular weight is 249 g/mol. The van der Waals surface area contributed by atoms with Crippen molar-refractivity contribution in [1.82, 2.24) is 9.88 Å². The molecule has 1 atom stereocenters. The molecule has 1 unspecified atom stereocenters. The molecule has 0 saturated heterocycles. The van der Waals surface area contributed by atoms with Crippen molar-refractivity contribution < 1.29 is 0 Å². The molecule has 1 heterocycles. The first-order chi connectivity index (χ1) is 8.48. The van der Waals surface area contributed by atoms with Crippen LogP contribution in [0.4, 0.5) is 0 Å². The fraction of sp³-hybridized carbons (Fsp3) is 0.667. The SMILES string of the molecule is CC(C)CCC(C)(CN)N(C)Cc1cccnc1. The molecule has 0 aliphatic rings. The van der Waals surface area contributed by atoms with Gasteiger partial charge in [-0.2, -0.15) is 0 Å². The normalized spacial score (nSPS) is 15.1. The maximum Gasteiger partial charge on any atom is 0.0312 e. The van der Waals surface area contributed by atoms with Gasteiger partial charge < -0.3 is 5.73 Å². The van der Waals surface area contributed by atoms with Gasteiger partial charge in [0.2, 0.25) is 0 Å². The number of nitrogens with two attached hydrogens (primary N) is 1. The van der Waals surface area contributed by atoms with Crippen LogP contribution in [0, 0.1) is 5.92 Å². The Kier molecular flexibility index (Phi) is 5.76. The van der Waals surface area contributed by atoms with E-state index >= 15 is 0 Å². The van der Waals surface area contributed by atoms with Crippen LogP contribution in [-0.4, -0.2) is 29.0 Å². The van der Waals surface area contributed by atoms with E-state index in [4.69, 9.17) is 5.73 Å². The maximum atomic E-state index is 5.99. The van der Waals surface area contributed by atoms with E-state index in [9.17, 15) is 0 Å². The fourth-order valence-electron chi connectivity index (χ4n) is 2.00. The Labute approximate surface area is 111 Å². The smallest absolute Gasteiger partial charge is 0.0312 e. The predicted octanol–water partition coefficient (Wildman–Crippen LogP) is 2.67. The number of rotatable bonds is 7. The summed E-state index contributed by atoms with van der Waals surface area (Å²) in [5, 5.41) is 0. The van der Waals surface area contributed by atoms with E-state index < -0.39 is 0 Å². The quantitative estimate of drug-likeness (QED) is 0.808. The zero-order chi connectivity index (χ0) is 13.6. The Hall–Kier alpha value is -0.930. The van der Waals surface area contributed by atoms with Crippen LogP contribution in [0.25, 0.3) is 0 Å². The second kappa shape index (κ2) is 6.86. The van der Waals surface area contributed by atoms with Crippen LogP contribution < -0.4 is 5.73 Å². The van der Waals surface area contributed by atoms with Gasteiger partial charge in [0.25, 0.3) is 0 Å². The number of likely N-dealkylation sites (N-methyl/N-ethyl adjacent to an activating group) is 1. The van der Waals surface area contributed by atoms with E-state index in [-0.39, 0.29) is 5.54 Å². The average Bonchev–Trinajstić information content (AvgIpc) is 2.37. The summed E-state index contributed by atoms with van der Waals surface area (Å²) in [5.41, 5.74) is 7.30. The minimum Gasteiger partial charge on any atom is -0.329 e. The summed E-state index contributed by atoms with van der Waals surface area (Å²) >= 11 is 0. The molecule has 18 heavy (non-hydrogen) atoms. The van der Waals surface area contributed by atoms with E-state index in [1.54, 1.807) is 0 Å². The molecule has 0 bridgehead atoms. The van der Waals surface area contributed by atoms with Crippen LogP contribution in [0.5, 0.6) is 0 Å². The third-order valence-electron chi connectivity index (χ3n) is 3.76. The molecular formula is C15H27N3. The van der Waals surface area contributed by atoms with Crippen LogP contribution >= 0.6 is 0 Å². The number of aromatic nitrogens is 1. The first-order valence-electron chi connectivity index (χ1n) is 6.78. The third-order valence-corrected chi connectivity index (χ3v) is 3.76. The van der Waals surface area contributed by atoms with Crippen LogP contribution in [0.2, 0.25) is 0 Å². The topological polar surface area (TPSA) is 42.1 Å². The van der Waals surface area contributed by atoms with E-state index in [1.807, 2.05) is 18.5 Å². The summed E-state index contributed by atoms with van der Waals surface area (Å²) in [4.78, 5) is 6.52. The predicted molar refractivity (Wildman–Crippen MR) is 77.2 cm³/mol. The molecule has 3 nitrogen and oxygen atoms in total. The van der Waals surface area contributed by atoms with E-state index in [2.05, 4.69) is 43.8 Å². The lowest BCUT2D eigenvalue weighted by Gasteiger charge is -2.38.